The number of anilines is 2. The Balaban J connectivity index is 1.82. The van der Waals surface area contributed by atoms with Crippen LogP contribution in [0.4, 0.5) is 11.4 Å². The van der Waals surface area contributed by atoms with E-state index in [1.54, 1.807) is 18.2 Å². The Morgan fingerprint density at radius 2 is 1.81 bits per heavy atom. The fraction of sp³-hybridized carbons (Fsp3) is 0.211. The summed E-state index contributed by atoms with van der Waals surface area (Å²) in [5, 5.41) is 8.23. The molecule has 0 spiro atoms. The molecule has 0 aliphatic carbocycles. The lowest BCUT2D eigenvalue weighted by atomic mass is 10.3. The summed E-state index contributed by atoms with van der Waals surface area (Å²) in [4.78, 5) is 28.3. The number of benzene rings is 2. The summed E-state index contributed by atoms with van der Waals surface area (Å²) >= 11 is 2.80. The van der Waals surface area contributed by atoms with Gasteiger partial charge in [0.25, 0.3) is 0 Å². The molecule has 2 aromatic carbocycles. The number of hydrogen-bond donors (Lipinski definition) is 1. The zero-order chi connectivity index (χ0) is 18.5. The van der Waals surface area contributed by atoms with E-state index in [1.165, 1.54) is 28.4 Å². The molecule has 7 heteroatoms. The second-order valence-corrected chi connectivity index (χ2v) is 8.02. The molecule has 1 heterocycles. The molecule has 2 amide bonds. The van der Waals surface area contributed by atoms with Gasteiger partial charge >= 0.3 is 0 Å². The van der Waals surface area contributed by atoms with E-state index in [0.717, 1.165) is 9.79 Å². The van der Waals surface area contributed by atoms with Crippen molar-refractivity contribution in [1.82, 2.24) is 0 Å². The molecule has 2 aromatic rings. The van der Waals surface area contributed by atoms with Crippen LogP contribution in [0.5, 0.6) is 0 Å². The minimum atomic E-state index is -0.482. The number of hydrogen-bond acceptors (Lipinski definition) is 6. The normalized spacial score (nSPS) is 16.7. The summed E-state index contributed by atoms with van der Waals surface area (Å²) in [7, 11) is 0. The van der Waals surface area contributed by atoms with Crippen LogP contribution >= 0.6 is 23.5 Å². The molecule has 26 heavy (non-hydrogen) atoms. The SMILES string of the molecule is N#CCCSc1ccccc1N1C(=O)CC(Sc2ccccc2N)C1=O. The van der Waals surface area contributed by atoms with Gasteiger partial charge in [0.15, 0.2) is 0 Å². The number of rotatable bonds is 6. The number of carbonyl (C=O) groups excluding carboxylic acids is 2. The molecule has 5 nitrogen and oxygen atoms in total. The molecule has 1 saturated heterocycles. The highest BCUT2D eigenvalue weighted by Gasteiger charge is 2.41. The summed E-state index contributed by atoms with van der Waals surface area (Å²) in [5.41, 5.74) is 7.15. The van der Waals surface area contributed by atoms with Crippen molar-refractivity contribution in [3.05, 3.63) is 48.5 Å². The highest BCUT2D eigenvalue weighted by atomic mass is 32.2. The molecule has 1 aliphatic heterocycles. The van der Waals surface area contributed by atoms with Crippen molar-refractivity contribution in [2.75, 3.05) is 16.4 Å². The molecular formula is C19H17N3O2S2. The highest BCUT2D eigenvalue weighted by Crippen LogP contribution is 2.39. The van der Waals surface area contributed by atoms with Crippen molar-refractivity contribution in [2.45, 2.75) is 27.9 Å². The van der Waals surface area contributed by atoms with E-state index in [4.69, 9.17) is 11.0 Å². The number of imide groups is 1. The molecule has 1 unspecified atom stereocenters. The van der Waals surface area contributed by atoms with Crippen LogP contribution in [0.2, 0.25) is 0 Å². The molecule has 0 saturated carbocycles. The fourth-order valence-corrected chi connectivity index (χ4v) is 4.66. The van der Waals surface area contributed by atoms with E-state index in [0.29, 0.717) is 23.5 Å². The molecule has 2 N–H and O–H groups in total. The lowest BCUT2D eigenvalue weighted by Gasteiger charge is -2.18. The van der Waals surface area contributed by atoms with Crippen LogP contribution < -0.4 is 10.6 Å². The number of thioether (sulfide) groups is 2. The molecule has 1 atom stereocenters. The van der Waals surface area contributed by atoms with Crippen molar-refractivity contribution < 1.29 is 9.59 Å². The van der Waals surface area contributed by atoms with Crippen LogP contribution in [0.3, 0.4) is 0 Å². The van der Waals surface area contributed by atoms with E-state index in [1.807, 2.05) is 30.3 Å². The van der Waals surface area contributed by atoms with Crippen molar-refractivity contribution in [2.24, 2.45) is 0 Å². The molecular weight excluding hydrogens is 366 g/mol. The molecule has 1 fully saturated rings. The molecule has 0 bridgehead atoms. The molecule has 1 aliphatic rings. The van der Waals surface area contributed by atoms with Gasteiger partial charge in [0.05, 0.1) is 17.0 Å². The van der Waals surface area contributed by atoms with Gasteiger partial charge < -0.3 is 5.73 Å². The third kappa shape index (κ3) is 3.87. The van der Waals surface area contributed by atoms with E-state index in [-0.39, 0.29) is 18.2 Å². The van der Waals surface area contributed by atoms with Crippen LogP contribution in [-0.4, -0.2) is 22.8 Å². The number of nitriles is 1. The number of nitrogens with two attached hydrogens (primary N) is 1. The van der Waals surface area contributed by atoms with Gasteiger partial charge in [0.1, 0.15) is 0 Å². The Kier molecular flexibility index (Phi) is 5.86. The van der Waals surface area contributed by atoms with Crippen LogP contribution in [0.15, 0.2) is 58.3 Å². The maximum atomic E-state index is 12.9. The van der Waals surface area contributed by atoms with Gasteiger partial charge in [-0.15, -0.1) is 23.5 Å². The van der Waals surface area contributed by atoms with Gasteiger partial charge in [0, 0.05) is 34.1 Å². The van der Waals surface area contributed by atoms with Crippen molar-refractivity contribution in [3.8, 4) is 6.07 Å². The average molecular weight is 383 g/mol. The predicted molar refractivity (Wildman–Crippen MR) is 105 cm³/mol. The Labute approximate surface area is 160 Å². The standard InChI is InChI=1S/C19H17N3O2S2/c20-10-5-11-25-16-9-4-2-7-14(16)22-18(23)12-17(19(22)24)26-15-8-3-1-6-13(15)21/h1-4,6-9,17H,5,11-12,21H2. The third-order valence-electron chi connectivity index (χ3n) is 3.87. The van der Waals surface area contributed by atoms with E-state index in [9.17, 15) is 9.59 Å². The summed E-state index contributed by atoms with van der Waals surface area (Å²) in [6.07, 6.45) is 0.557. The van der Waals surface area contributed by atoms with Crippen molar-refractivity contribution in [1.29, 1.82) is 5.26 Å². The van der Waals surface area contributed by atoms with Gasteiger partial charge in [0.2, 0.25) is 11.8 Å². The Hall–Kier alpha value is -2.43. The second kappa shape index (κ2) is 8.30. The van der Waals surface area contributed by atoms with Crippen molar-refractivity contribution >= 4 is 46.7 Å². The van der Waals surface area contributed by atoms with Crippen LogP contribution in [-0.2, 0) is 9.59 Å². The summed E-state index contributed by atoms with van der Waals surface area (Å²) < 4.78 is 0. The van der Waals surface area contributed by atoms with E-state index < -0.39 is 5.25 Å². The predicted octanol–water partition coefficient (Wildman–Crippen LogP) is 3.70. The number of para-hydroxylation sites is 2. The molecule has 0 radical (unpaired) electrons. The van der Waals surface area contributed by atoms with Gasteiger partial charge in [-0.25, -0.2) is 4.90 Å². The Morgan fingerprint density at radius 3 is 2.54 bits per heavy atom. The van der Waals surface area contributed by atoms with E-state index >= 15 is 0 Å². The maximum Gasteiger partial charge on any atom is 0.247 e. The molecule has 132 valence electrons. The van der Waals surface area contributed by atoms with Gasteiger partial charge in [-0.05, 0) is 24.3 Å². The first-order valence-corrected chi connectivity index (χ1v) is 9.95. The second-order valence-electron chi connectivity index (χ2n) is 5.64. The van der Waals surface area contributed by atoms with Crippen LogP contribution in [0.25, 0.3) is 0 Å². The first kappa shape index (κ1) is 18.4. The first-order chi connectivity index (χ1) is 12.6. The molecule has 0 aromatic heterocycles. The average Bonchev–Trinajstić information content (AvgIpc) is 2.91. The van der Waals surface area contributed by atoms with Gasteiger partial charge in [-0.3, -0.25) is 9.59 Å². The topological polar surface area (TPSA) is 87.2 Å². The molecule has 3 rings (SSSR count). The van der Waals surface area contributed by atoms with Crippen molar-refractivity contribution in [3.63, 3.8) is 0 Å². The minimum Gasteiger partial charge on any atom is -0.398 e. The van der Waals surface area contributed by atoms with E-state index in [2.05, 4.69) is 6.07 Å². The van der Waals surface area contributed by atoms with Gasteiger partial charge in [-0.2, -0.15) is 5.26 Å². The third-order valence-corrected chi connectivity index (χ3v) is 6.21. The highest BCUT2D eigenvalue weighted by molar-refractivity contribution is 8.01. The smallest absolute Gasteiger partial charge is 0.247 e. The quantitative estimate of drug-likeness (QED) is 0.354. The van der Waals surface area contributed by atoms with Crippen LogP contribution in [0, 0.1) is 11.3 Å². The number of amides is 2. The Bertz CT molecular complexity index is 879. The first-order valence-electron chi connectivity index (χ1n) is 8.08. The largest absolute Gasteiger partial charge is 0.398 e. The lowest BCUT2D eigenvalue weighted by Crippen LogP contribution is -2.31. The number of nitrogen functional groups attached to an aromatic ring is 1. The fourth-order valence-electron chi connectivity index (χ4n) is 2.66. The van der Waals surface area contributed by atoms with Crippen LogP contribution in [0.1, 0.15) is 12.8 Å². The zero-order valence-electron chi connectivity index (χ0n) is 13.9. The lowest BCUT2D eigenvalue weighted by molar-refractivity contribution is -0.121. The summed E-state index contributed by atoms with van der Waals surface area (Å²) in [6.45, 7) is 0. The zero-order valence-corrected chi connectivity index (χ0v) is 15.6. The maximum absolute atomic E-state index is 12.9. The monoisotopic (exact) mass is 383 g/mol. The Morgan fingerprint density at radius 1 is 1.12 bits per heavy atom. The number of nitrogens with zero attached hydrogens (tertiary/aromatic N) is 2. The minimum absolute atomic E-state index is 0.148. The number of carbonyl (C=O) groups is 2. The summed E-state index contributed by atoms with van der Waals surface area (Å²) in [5.74, 6) is 0.176. The summed E-state index contributed by atoms with van der Waals surface area (Å²) in [6, 6.07) is 16.7. The van der Waals surface area contributed by atoms with Gasteiger partial charge in [-0.1, -0.05) is 24.3 Å².